The van der Waals surface area contributed by atoms with Crippen molar-refractivity contribution in [3.05, 3.63) is 106 Å². The number of ether oxygens (including phenoxy) is 1. The highest BCUT2D eigenvalue weighted by Crippen LogP contribution is 2.43. The SMILES string of the molecule is Cc1nnc(N2C(=O)C(=O)C(=C(O)c3ccncc3)C2c2ccc(OCc3ccccc3)cc2)s1. The molecule has 174 valence electrons. The molecule has 1 saturated heterocycles. The van der Waals surface area contributed by atoms with Crippen molar-refractivity contribution in [1.29, 1.82) is 0 Å². The lowest BCUT2D eigenvalue weighted by molar-refractivity contribution is -0.132. The maximum absolute atomic E-state index is 13.1. The predicted molar refractivity (Wildman–Crippen MR) is 131 cm³/mol. The van der Waals surface area contributed by atoms with Crippen molar-refractivity contribution in [2.75, 3.05) is 4.90 Å². The molecule has 3 heterocycles. The van der Waals surface area contributed by atoms with Gasteiger partial charge in [0.1, 0.15) is 23.1 Å². The van der Waals surface area contributed by atoms with Crippen LogP contribution in [0.2, 0.25) is 0 Å². The van der Waals surface area contributed by atoms with Gasteiger partial charge in [-0.3, -0.25) is 19.5 Å². The van der Waals surface area contributed by atoms with Gasteiger partial charge in [0.05, 0.1) is 11.6 Å². The zero-order valence-electron chi connectivity index (χ0n) is 18.7. The molecule has 1 unspecified atom stereocenters. The largest absolute Gasteiger partial charge is 0.507 e. The van der Waals surface area contributed by atoms with Crippen LogP contribution >= 0.6 is 11.3 Å². The maximum atomic E-state index is 13.1. The molecule has 35 heavy (non-hydrogen) atoms. The van der Waals surface area contributed by atoms with Crippen molar-refractivity contribution in [2.45, 2.75) is 19.6 Å². The number of benzene rings is 2. The van der Waals surface area contributed by atoms with E-state index in [1.165, 1.54) is 28.6 Å². The summed E-state index contributed by atoms with van der Waals surface area (Å²) < 4.78 is 5.87. The van der Waals surface area contributed by atoms with Gasteiger partial charge < -0.3 is 9.84 Å². The first-order chi connectivity index (χ1) is 17.0. The summed E-state index contributed by atoms with van der Waals surface area (Å²) in [6, 6.07) is 19.2. The van der Waals surface area contributed by atoms with Gasteiger partial charge in [0.2, 0.25) is 5.13 Å². The van der Waals surface area contributed by atoms with E-state index >= 15 is 0 Å². The van der Waals surface area contributed by atoms with E-state index in [9.17, 15) is 14.7 Å². The third-order valence-electron chi connectivity index (χ3n) is 5.56. The zero-order valence-corrected chi connectivity index (χ0v) is 19.5. The van der Waals surface area contributed by atoms with Crippen LogP contribution in [-0.2, 0) is 16.2 Å². The van der Waals surface area contributed by atoms with Crippen LogP contribution in [0.25, 0.3) is 5.76 Å². The Morgan fingerprint density at radius 3 is 2.37 bits per heavy atom. The first-order valence-electron chi connectivity index (χ1n) is 10.8. The summed E-state index contributed by atoms with van der Waals surface area (Å²) in [6.07, 6.45) is 3.01. The third-order valence-corrected chi connectivity index (χ3v) is 6.40. The molecule has 1 amide bonds. The number of hydrogen-bond acceptors (Lipinski definition) is 8. The standard InChI is InChI=1S/C26H20N4O4S/c1-16-28-29-26(35-16)30-22(21(24(32)25(30)33)23(31)19-11-13-27-14-12-19)18-7-9-20(10-8-18)34-15-17-5-3-2-4-6-17/h2-14,22,31H,15H2,1H3. The minimum Gasteiger partial charge on any atom is -0.507 e. The number of carbonyl (C=O) groups is 2. The molecule has 2 aromatic carbocycles. The number of nitrogens with zero attached hydrogens (tertiary/aromatic N) is 4. The second-order valence-corrected chi connectivity index (χ2v) is 9.01. The Bertz CT molecular complexity index is 1400. The number of ketones is 1. The smallest absolute Gasteiger partial charge is 0.301 e. The van der Waals surface area contributed by atoms with Gasteiger partial charge in [-0.15, -0.1) is 10.2 Å². The number of Topliss-reactive ketones (excluding diaryl/α,β-unsaturated/α-hetero) is 1. The second kappa shape index (κ2) is 9.47. The quantitative estimate of drug-likeness (QED) is 0.245. The number of amides is 1. The first-order valence-corrected chi connectivity index (χ1v) is 11.6. The number of rotatable bonds is 6. The number of hydrogen-bond donors (Lipinski definition) is 1. The number of aliphatic hydroxyl groups excluding tert-OH is 1. The lowest BCUT2D eigenvalue weighted by Gasteiger charge is -2.22. The van der Waals surface area contributed by atoms with Crippen molar-refractivity contribution in [1.82, 2.24) is 15.2 Å². The fraction of sp³-hybridized carbons (Fsp3) is 0.115. The van der Waals surface area contributed by atoms with E-state index in [1.807, 2.05) is 30.3 Å². The van der Waals surface area contributed by atoms with E-state index in [2.05, 4.69) is 15.2 Å². The molecule has 0 aliphatic carbocycles. The summed E-state index contributed by atoms with van der Waals surface area (Å²) in [6.45, 7) is 2.17. The highest BCUT2D eigenvalue weighted by Gasteiger charge is 2.48. The Kier molecular flexibility index (Phi) is 6.07. The highest BCUT2D eigenvalue weighted by molar-refractivity contribution is 7.15. The van der Waals surface area contributed by atoms with Crippen molar-refractivity contribution >= 4 is 33.9 Å². The Labute approximate surface area is 205 Å². The summed E-state index contributed by atoms with van der Waals surface area (Å²) in [7, 11) is 0. The third kappa shape index (κ3) is 4.41. The summed E-state index contributed by atoms with van der Waals surface area (Å²) in [5.74, 6) is -1.20. The van der Waals surface area contributed by atoms with Crippen LogP contribution in [-0.4, -0.2) is 32.0 Å². The Morgan fingerprint density at radius 2 is 1.71 bits per heavy atom. The maximum Gasteiger partial charge on any atom is 0.301 e. The molecule has 8 nitrogen and oxygen atoms in total. The fourth-order valence-electron chi connectivity index (χ4n) is 3.88. The van der Waals surface area contributed by atoms with Gasteiger partial charge in [-0.2, -0.15) is 0 Å². The minimum atomic E-state index is -0.876. The molecular formula is C26H20N4O4S. The van der Waals surface area contributed by atoms with Crippen LogP contribution in [0.1, 0.15) is 27.7 Å². The van der Waals surface area contributed by atoms with Gasteiger partial charge in [0.25, 0.3) is 5.78 Å². The van der Waals surface area contributed by atoms with Crippen LogP contribution in [0.3, 0.4) is 0 Å². The average Bonchev–Trinajstić information content (AvgIpc) is 3.44. The summed E-state index contributed by atoms with van der Waals surface area (Å²) >= 11 is 1.20. The van der Waals surface area contributed by atoms with Crippen molar-refractivity contribution in [3.63, 3.8) is 0 Å². The van der Waals surface area contributed by atoms with E-state index in [0.29, 0.717) is 28.5 Å². The number of aryl methyl sites for hydroxylation is 1. The lowest BCUT2D eigenvalue weighted by atomic mass is 9.95. The summed E-state index contributed by atoms with van der Waals surface area (Å²) in [5.41, 5.74) is 2.03. The molecule has 1 fully saturated rings. The minimum absolute atomic E-state index is 0.0213. The lowest BCUT2D eigenvalue weighted by Crippen LogP contribution is -2.29. The van der Waals surface area contributed by atoms with Crippen LogP contribution in [0.4, 0.5) is 5.13 Å². The number of aromatic nitrogens is 3. The molecule has 0 bridgehead atoms. The number of carbonyl (C=O) groups excluding carboxylic acids is 2. The molecule has 0 radical (unpaired) electrons. The molecule has 0 spiro atoms. The van der Waals surface area contributed by atoms with E-state index in [1.54, 1.807) is 43.3 Å². The van der Waals surface area contributed by atoms with E-state index in [-0.39, 0.29) is 16.5 Å². The van der Waals surface area contributed by atoms with Gasteiger partial charge in [-0.25, -0.2) is 0 Å². The van der Waals surface area contributed by atoms with Crippen LogP contribution in [0.5, 0.6) is 5.75 Å². The molecule has 1 aliphatic heterocycles. The first kappa shape index (κ1) is 22.4. The van der Waals surface area contributed by atoms with Gasteiger partial charge in [-0.05, 0) is 42.3 Å². The molecule has 0 saturated carbocycles. The zero-order chi connectivity index (χ0) is 24.4. The Balaban J connectivity index is 1.54. The van der Waals surface area contributed by atoms with Gasteiger partial charge in [-0.1, -0.05) is 53.8 Å². The molecule has 4 aromatic rings. The van der Waals surface area contributed by atoms with E-state index in [0.717, 1.165) is 5.56 Å². The normalized spacial score (nSPS) is 17.1. The molecule has 1 atom stereocenters. The summed E-state index contributed by atoms with van der Waals surface area (Å²) in [5, 5.41) is 20.1. The molecule has 1 N–H and O–H groups in total. The molecule has 9 heteroatoms. The molecule has 5 rings (SSSR count). The molecule has 1 aliphatic rings. The predicted octanol–water partition coefficient (Wildman–Crippen LogP) is 4.45. The number of anilines is 1. The number of pyridine rings is 1. The van der Waals surface area contributed by atoms with E-state index in [4.69, 9.17) is 4.74 Å². The van der Waals surface area contributed by atoms with Gasteiger partial charge >= 0.3 is 5.91 Å². The van der Waals surface area contributed by atoms with E-state index < -0.39 is 17.7 Å². The monoisotopic (exact) mass is 484 g/mol. The Morgan fingerprint density at radius 1 is 1.00 bits per heavy atom. The van der Waals surface area contributed by atoms with Crippen LogP contribution < -0.4 is 9.64 Å². The average molecular weight is 485 g/mol. The highest BCUT2D eigenvalue weighted by atomic mass is 32.1. The summed E-state index contributed by atoms with van der Waals surface area (Å²) in [4.78, 5) is 31.5. The van der Waals surface area contributed by atoms with Crippen molar-refractivity contribution in [3.8, 4) is 5.75 Å². The topological polar surface area (TPSA) is 106 Å². The van der Waals surface area contributed by atoms with Crippen molar-refractivity contribution < 1.29 is 19.4 Å². The van der Waals surface area contributed by atoms with Gasteiger partial charge in [0.15, 0.2) is 0 Å². The fourth-order valence-corrected chi connectivity index (χ4v) is 4.60. The van der Waals surface area contributed by atoms with Crippen LogP contribution in [0.15, 0.2) is 84.7 Å². The van der Waals surface area contributed by atoms with Crippen molar-refractivity contribution in [2.24, 2.45) is 0 Å². The molecule has 2 aromatic heterocycles. The Hall–Kier alpha value is -4.37. The second-order valence-electron chi connectivity index (χ2n) is 7.85. The molecular weight excluding hydrogens is 464 g/mol. The number of aliphatic hydroxyl groups is 1. The van der Waals surface area contributed by atoms with Gasteiger partial charge in [0, 0.05) is 18.0 Å². The van der Waals surface area contributed by atoms with Crippen LogP contribution in [0, 0.1) is 6.92 Å².